The van der Waals surface area contributed by atoms with Crippen LogP contribution in [0.25, 0.3) is 0 Å². The zero-order valence-corrected chi connectivity index (χ0v) is 8.84. The van der Waals surface area contributed by atoms with Crippen LogP contribution in [-0.4, -0.2) is 85.5 Å². The molecule has 8 N–H and O–H groups in total. The van der Waals surface area contributed by atoms with Crippen LogP contribution >= 0.6 is 0 Å². The quantitative estimate of drug-likeness (QED) is 0.230. The molecule has 1 saturated heterocycles. The second kappa shape index (κ2) is 5.52. The van der Waals surface area contributed by atoms with Gasteiger partial charge in [0, 0.05) is 0 Å². The number of ether oxygens (including phenoxy) is 1. The minimum Gasteiger partial charge on any atom is -0.394 e. The van der Waals surface area contributed by atoms with Crippen molar-refractivity contribution in [2.24, 2.45) is 0 Å². The number of aliphatic hydroxyl groups is 7. The number of hydrogen-bond acceptors (Lipinski definition) is 9. The molecule has 1 aliphatic heterocycles. The molecule has 0 spiro atoms. The van der Waals surface area contributed by atoms with Gasteiger partial charge in [-0.1, -0.05) is 0 Å². The molecule has 102 valence electrons. The van der Waals surface area contributed by atoms with Crippen LogP contribution in [-0.2, 0) is 4.74 Å². The predicted molar refractivity (Wildman–Crippen MR) is 51.2 cm³/mol. The summed E-state index contributed by atoms with van der Waals surface area (Å²) in [7, 11) is 0. The molecule has 1 aliphatic rings. The van der Waals surface area contributed by atoms with E-state index in [2.05, 4.69) is 0 Å². The van der Waals surface area contributed by atoms with Crippen molar-refractivity contribution in [1.82, 2.24) is 5.32 Å². The number of hydrogen-bond donors (Lipinski definition) is 8. The second-order valence-electron chi connectivity index (χ2n) is 3.80. The molecule has 17 heavy (non-hydrogen) atoms. The molecule has 0 radical (unpaired) electrons. The first-order chi connectivity index (χ1) is 7.85. The zero-order valence-electron chi connectivity index (χ0n) is 8.84. The largest absolute Gasteiger partial charge is 0.394 e. The van der Waals surface area contributed by atoms with E-state index in [4.69, 9.17) is 20.1 Å². The van der Waals surface area contributed by atoms with Crippen molar-refractivity contribution in [3.8, 4) is 0 Å². The Morgan fingerprint density at radius 1 is 1.18 bits per heavy atom. The van der Waals surface area contributed by atoms with Crippen LogP contribution in [0.1, 0.15) is 0 Å². The molecule has 0 aromatic carbocycles. The van der Waals surface area contributed by atoms with Crippen molar-refractivity contribution < 1.29 is 40.5 Å². The summed E-state index contributed by atoms with van der Waals surface area (Å²) < 4.78 is 4.75. The Labute approximate surface area is 96.5 Å². The summed E-state index contributed by atoms with van der Waals surface area (Å²) in [4.78, 5) is 0. The first-order valence-electron chi connectivity index (χ1n) is 4.97. The van der Waals surface area contributed by atoms with Crippen LogP contribution in [0, 0.1) is 0 Å². The van der Waals surface area contributed by atoms with E-state index in [1.54, 1.807) is 0 Å². The Balaban J connectivity index is 2.83. The molecule has 9 heteroatoms. The van der Waals surface area contributed by atoms with E-state index >= 15 is 0 Å². The lowest BCUT2D eigenvalue weighted by Crippen LogP contribution is -2.72. The standard InChI is InChI=1S/C8H17NO8/c10-1-3-5(13)6(14)7(15)8(16,17-3)9-4(12)2-11/h3-7,9-16H,1-2H2/t3-,4?,5-,6+,7+,8+/m1/s1. The average Bonchev–Trinajstić information content (AvgIpc) is 2.31. The third-order valence-corrected chi connectivity index (χ3v) is 2.51. The lowest BCUT2D eigenvalue weighted by atomic mass is 9.96. The van der Waals surface area contributed by atoms with Crippen molar-refractivity contribution in [1.29, 1.82) is 0 Å². The summed E-state index contributed by atoms with van der Waals surface area (Å²) in [5.74, 6) is -2.59. The highest BCUT2D eigenvalue weighted by Gasteiger charge is 2.53. The summed E-state index contributed by atoms with van der Waals surface area (Å²) in [5, 5.41) is 66.6. The average molecular weight is 255 g/mol. The molecule has 0 amide bonds. The van der Waals surface area contributed by atoms with Crippen molar-refractivity contribution in [3.63, 3.8) is 0 Å². The lowest BCUT2D eigenvalue weighted by molar-refractivity contribution is -0.369. The number of aliphatic hydroxyl groups excluding tert-OH is 6. The fourth-order valence-electron chi connectivity index (χ4n) is 1.56. The van der Waals surface area contributed by atoms with Crippen molar-refractivity contribution in [2.45, 2.75) is 36.6 Å². The molecule has 0 aliphatic carbocycles. The second-order valence-corrected chi connectivity index (χ2v) is 3.80. The van der Waals surface area contributed by atoms with Crippen LogP contribution in [0.3, 0.4) is 0 Å². The molecule has 1 unspecified atom stereocenters. The van der Waals surface area contributed by atoms with Crippen molar-refractivity contribution in [3.05, 3.63) is 0 Å². The molecule has 1 heterocycles. The van der Waals surface area contributed by atoms with E-state index in [0.29, 0.717) is 0 Å². The maximum atomic E-state index is 9.79. The molecule has 0 aromatic heterocycles. The van der Waals surface area contributed by atoms with Gasteiger partial charge in [-0.05, 0) is 0 Å². The Kier molecular flexibility index (Phi) is 4.77. The Morgan fingerprint density at radius 3 is 2.24 bits per heavy atom. The summed E-state index contributed by atoms with van der Waals surface area (Å²) in [6, 6.07) is 0. The molecular weight excluding hydrogens is 238 g/mol. The van der Waals surface area contributed by atoms with E-state index in [9.17, 15) is 20.4 Å². The Bertz CT molecular complexity index is 252. The van der Waals surface area contributed by atoms with E-state index in [1.807, 2.05) is 5.32 Å². The summed E-state index contributed by atoms with van der Waals surface area (Å²) in [6.45, 7) is -1.50. The van der Waals surface area contributed by atoms with Gasteiger partial charge in [0.1, 0.15) is 24.5 Å². The minimum atomic E-state index is -2.59. The monoisotopic (exact) mass is 255 g/mol. The fraction of sp³-hybridized carbons (Fsp3) is 1.00. The summed E-state index contributed by atoms with van der Waals surface area (Å²) in [6.07, 6.45) is -8.32. The van der Waals surface area contributed by atoms with Gasteiger partial charge < -0.3 is 40.5 Å². The van der Waals surface area contributed by atoms with Gasteiger partial charge in [-0.15, -0.1) is 0 Å². The maximum Gasteiger partial charge on any atom is 0.257 e. The highest BCUT2D eigenvalue weighted by atomic mass is 16.7. The van der Waals surface area contributed by atoms with Gasteiger partial charge in [-0.2, -0.15) is 0 Å². The maximum absolute atomic E-state index is 9.79. The van der Waals surface area contributed by atoms with Gasteiger partial charge >= 0.3 is 0 Å². The first-order valence-corrected chi connectivity index (χ1v) is 4.97. The minimum absolute atomic E-state index is 0.718. The van der Waals surface area contributed by atoms with Gasteiger partial charge in [0.05, 0.1) is 13.2 Å². The first kappa shape index (κ1) is 14.7. The van der Waals surface area contributed by atoms with Gasteiger partial charge in [-0.25, -0.2) is 5.32 Å². The van der Waals surface area contributed by atoms with Gasteiger partial charge in [0.2, 0.25) is 0 Å². The highest BCUT2D eigenvalue weighted by Crippen LogP contribution is 2.26. The number of rotatable bonds is 4. The van der Waals surface area contributed by atoms with Crippen LogP contribution in [0.4, 0.5) is 0 Å². The molecule has 0 saturated carbocycles. The molecule has 1 fully saturated rings. The third-order valence-electron chi connectivity index (χ3n) is 2.51. The normalized spacial score (nSPS) is 44.6. The van der Waals surface area contributed by atoms with E-state index in [-0.39, 0.29) is 0 Å². The summed E-state index contributed by atoms with van der Waals surface area (Å²) >= 11 is 0. The van der Waals surface area contributed by atoms with Crippen molar-refractivity contribution in [2.75, 3.05) is 13.2 Å². The lowest BCUT2D eigenvalue weighted by Gasteiger charge is -2.45. The summed E-state index contributed by atoms with van der Waals surface area (Å²) in [5.41, 5.74) is 0. The molecule has 6 atom stereocenters. The van der Waals surface area contributed by atoms with E-state index in [1.165, 1.54) is 0 Å². The fourth-order valence-corrected chi connectivity index (χ4v) is 1.56. The van der Waals surface area contributed by atoms with E-state index < -0.39 is 49.8 Å². The van der Waals surface area contributed by atoms with Crippen LogP contribution < -0.4 is 5.32 Å². The van der Waals surface area contributed by atoms with Crippen LogP contribution in [0.5, 0.6) is 0 Å². The Morgan fingerprint density at radius 2 is 1.76 bits per heavy atom. The highest BCUT2D eigenvalue weighted by molar-refractivity contribution is 4.95. The SMILES string of the molecule is OCC(O)N[C@@]1(O)O[C@H](CO)[C@@H](O)[C@H](O)[C@@H]1O. The number of nitrogens with one attached hydrogen (secondary N) is 1. The molecule has 1 rings (SSSR count). The van der Waals surface area contributed by atoms with Gasteiger partial charge in [0.15, 0.2) is 6.10 Å². The van der Waals surface area contributed by atoms with Crippen LogP contribution in [0.15, 0.2) is 0 Å². The Hall–Kier alpha value is -0.360. The zero-order chi connectivity index (χ0) is 13.2. The van der Waals surface area contributed by atoms with Gasteiger partial charge in [-0.3, -0.25) is 0 Å². The smallest absolute Gasteiger partial charge is 0.257 e. The molecular formula is C8H17NO8. The molecule has 0 bridgehead atoms. The third kappa shape index (κ3) is 2.91. The predicted octanol–water partition coefficient (Wildman–Crippen LogP) is -4.99. The van der Waals surface area contributed by atoms with E-state index in [0.717, 1.165) is 0 Å². The van der Waals surface area contributed by atoms with Crippen molar-refractivity contribution >= 4 is 0 Å². The molecule has 9 nitrogen and oxygen atoms in total. The molecule has 0 aromatic rings. The van der Waals surface area contributed by atoms with Gasteiger partial charge in [0.25, 0.3) is 5.91 Å². The topological polar surface area (TPSA) is 163 Å². The van der Waals surface area contributed by atoms with Crippen LogP contribution in [0.2, 0.25) is 0 Å².